The lowest BCUT2D eigenvalue weighted by molar-refractivity contribution is -0.151. The monoisotopic (exact) mass is 238 g/mol. The molecule has 17 heavy (non-hydrogen) atoms. The van der Waals surface area contributed by atoms with E-state index in [1.807, 2.05) is 0 Å². The van der Waals surface area contributed by atoms with E-state index >= 15 is 0 Å². The highest BCUT2D eigenvalue weighted by atomic mass is 16.5. The number of carbonyl (C=O) groups is 2. The largest absolute Gasteiger partial charge is 0.462 e. The Balaban J connectivity index is 2.37. The molecule has 2 fully saturated rings. The highest BCUT2D eigenvalue weighted by molar-refractivity contribution is 5.84. The minimum Gasteiger partial charge on any atom is -0.462 e. The van der Waals surface area contributed by atoms with Gasteiger partial charge in [0.05, 0.1) is 5.92 Å². The number of ether oxygens (including phenoxy) is 1. The summed E-state index contributed by atoms with van der Waals surface area (Å²) in [5, 5.41) is 0. The van der Waals surface area contributed by atoms with Crippen LogP contribution in [0, 0.1) is 16.7 Å². The van der Waals surface area contributed by atoms with Crippen LogP contribution in [0.5, 0.6) is 0 Å². The maximum Gasteiger partial charge on any atom is 0.302 e. The van der Waals surface area contributed by atoms with Crippen molar-refractivity contribution >= 4 is 11.8 Å². The minimum atomic E-state index is -0.270. The molecule has 3 heteroatoms. The molecule has 0 aromatic heterocycles. The lowest BCUT2D eigenvalue weighted by Gasteiger charge is -2.39. The molecule has 96 valence electrons. The molecule has 0 amide bonds. The summed E-state index contributed by atoms with van der Waals surface area (Å²) in [6.45, 7) is 7.98. The lowest BCUT2D eigenvalue weighted by Crippen LogP contribution is -2.37. The average molecular weight is 238 g/mol. The van der Waals surface area contributed by atoms with E-state index in [4.69, 9.17) is 4.74 Å². The molecule has 0 saturated heterocycles. The highest BCUT2D eigenvalue weighted by Crippen LogP contribution is 2.61. The molecule has 3 nitrogen and oxygen atoms in total. The van der Waals surface area contributed by atoms with E-state index in [2.05, 4.69) is 20.8 Å². The Labute approximate surface area is 103 Å². The molecule has 2 saturated carbocycles. The van der Waals surface area contributed by atoms with E-state index in [1.54, 1.807) is 0 Å². The first-order valence-electron chi connectivity index (χ1n) is 6.48. The van der Waals surface area contributed by atoms with Crippen molar-refractivity contribution in [3.63, 3.8) is 0 Å². The third-order valence-electron chi connectivity index (χ3n) is 5.17. The molecule has 0 aromatic rings. The van der Waals surface area contributed by atoms with Crippen molar-refractivity contribution < 1.29 is 14.3 Å². The van der Waals surface area contributed by atoms with Crippen LogP contribution in [0.3, 0.4) is 0 Å². The van der Waals surface area contributed by atoms with Crippen molar-refractivity contribution in [2.24, 2.45) is 16.7 Å². The highest BCUT2D eigenvalue weighted by Gasteiger charge is 2.60. The fraction of sp³-hybridized carbons (Fsp3) is 0.857. The molecule has 3 atom stereocenters. The van der Waals surface area contributed by atoms with Crippen molar-refractivity contribution in [1.29, 1.82) is 0 Å². The molecular weight excluding hydrogens is 216 g/mol. The molecule has 0 N–H and O–H groups in total. The van der Waals surface area contributed by atoms with E-state index in [0.29, 0.717) is 6.42 Å². The van der Waals surface area contributed by atoms with Crippen LogP contribution in [0.2, 0.25) is 0 Å². The number of Topliss-reactive ketones (excluding diaryl/α,β-unsaturated/α-hetero) is 1. The van der Waals surface area contributed by atoms with Crippen LogP contribution in [0.15, 0.2) is 0 Å². The Morgan fingerprint density at radius 2 is 2.00 bits per heavy atom. The number of esters is 1. The van der Waals surface area contributed by atoms with Crippen molar-refractivity contribution in [3.8, 4) is 0 Å². The topological polar surface area (TPSA) is 43.4 Å². The zero-order valence-electron chi connectivity index (χ0n) is 11.2. The third kappa shape index (κ3) is 1.80. The summed E-state index contributed by atoms with van der Waals surface area (Å²) in [6.07, 6.45) is 3.29. The average Bonchev–Trinajstić information content (AvgIpc) is 2.26. The first-order chi connectivity index (χ1) is 7.78. The molecule has 0 spiro atoms. The molecular formula is C14H22O3. The van der Waals surface area contributed by atoms with E-state index in [9.17, 15) is 9.59 Å². The van der Waals surface area contributed by atoms with Gasteiger partial charge in [-0.15, -0.1) is 0 Å². The third-order valence-corrected chi connectivity index (χ3v) is 5.17. The molecule has 0 aliphatic heterocycles. The number of carbonyl (C=O) groups excluding carboxylic acids is 2. The molecule has 2 aliphatic rings. The smallest absolute Gasteiger partial charge is 0.302 e. The van der Waals surface area contributed by atoms with E-state index in [0.717, 1.165) is 19.3 Å². The van der Waals surface area contributed by atoms with Gasteiger partial charge in [-0.3, -0.25) is 9.59 Å². The predicted molar refractivity (Wildman–Crippen MR) is 64.4 cm³/mol. The van der Waals surface area contributed by atoms with Gasteiger partial charge in [-0.25, -0.2) is 0 Å². The van der Waals surface area contributed by atoms with Crippen molar-refractivity contribution in [2.75, 3.05) is 0 Å². The van der Waals surface area contributed by atoms with Gasteiger partial charge < -0.3 is 4.74 Å². The molecule has 0 radical (unpaired) electrons. The van der Waals surface area contributed by atoms with Gasteiger partial charge in [0.15, 0.2) is 0 Å². The zero-order valence-corrected chi connectivity index (χ0v) is 11.2. The summed E-state index contributed by atoms with van der Waals surface area (Å²) in [5.74, 6) is -0.102. The Hall–Kier alpha value is -0.860. The standard InChI is InChI=1S/C14H22O3/c1-9(15)17-11-8-14(4)7-5-6-10(16)12(11)13(14,2)3/h11-12H,5-8H2,1-4H3/t11-,12+,14-/m0/s1. The summed E-state index contributed by atoms with van der Waals surface area (Å²) in [5.41, 5.74) is 0.0463. The number of rotatable bonds is 1. The molecule has 0 aromatic carbocycles. The summed E-state index contributed by atoms with van der Waals surface area (Å²) in [4.78, 5) is 23.4. The number of ketones is 1. The van der Waals surface area contributed by atoms with Crippen molar-refractivity contribution in [1.82, 2.24) is 0 Å². The van der Waals surface area contributed by atoms with Crippen LogP contribution in [0.4, 0.5) is 0 Å². The SMILES string of the molecule is CC(=O)O[C@H]1C[C@]2(C)CCCC(=O)[C@H]1C2(C)C. The minimum absolute atomic E-state index is 0.0687. The summed E-state index contributed by atoms with van der Waals surface area (Å²) in [6, 6.07) is 0. The van der Waals surface area contributed by atoms with Crippen LogP contribution in [-0.2, 0) is 14.3 Å². The second kappa shape index (κ2) is 3.82. The molecule has 0 unspecified atom stereocenters. The maximum absolute atomic E-state index is 12.2. The van der Waals surface area contributed by atoms with Crippen LogP contribution in [-0.4, -0.2) is 17.9 Å². The quantitative estimate of drug-likeness (QED) is 0.660. The molecule has 2 rings (SSSR count). The summed E-state index contributed by atoms with van der Waals surface area (Å²) in [7, 11) is 0. The van der Waals surface area contributed by atoms with Crippen LogP contribution >= 0.6 is 0 Å². The first-order valence-corrected chi connectivity index (χ1v) is 6.48. The van der Waals surface area contributed by atoms with Gasteiger partial charge in [0, 0.05) is 13.3 Å². The molecule has 2 aliphatic carbocycles. The van der Waals surface area contributed by atoms with Gasteiger partial charge in [0.2, 0.25) is 0 Å². The van der Waals surface area contributed by atoms with Gasteiger partial charge in [0.25, 0.3) is 0 Å². The normalized spacial score (nSPS) is 39.9. The molecule has 0 heterocycles. The van der Waals surface area contributed by atoms with Crippen molar-refractivity contribution in [3.05, 3.63) is 0 Å². The molecule has 2 bridgehead atoms. The summed E-state index contributed by atoms with van der Waals surface area (Å²) < 4.78 is 5.39. The first kappa shape index (κ1) is 12.6. The van der Waals surface area contributed by atoms with Gasteiger partial charge in [0.1, 0.15) is 11.9 Å². The number of hydrogen-bond acceptors (Lipinski definition) is 3. The summed E-state index contributed by atoms with van der Waals surface area (Å²) >= 11 is 0. The van der Waals surface area contributed by atoms with Crippen LogP contribution < -0.4 is 0 Å². The Bertz CT molecular complexity index is 358. The van der Waals surface area contributed by atoms with Crippen LogP contribution in [0.25, 0.3) is 0 Å². The Kier molecular flexibility index (Phi) is 2.83. The van der Waals surface area contributed by atoms with Gasteiger partial charge >= 0.3 is 5.97 Å². The number of fused-ring (bicyclic) bond motifs is 2. The Morgan fingerprint density at radius 3 is 2.59 bits per heavy atom. The van der Waals surface area contributed by atoms with E-state index < -0.39 is 0 Å². The van der Waals surface area contributed by atoms with Gasteiger partial charge in [-0.05, 0) is 30.1 Å². The van der Waals surface area contributed by atoms with E-state index in [1.165, 1.54) is 6.92 Å². The zero-order chi connectivity index (χ0) is 12.8. The Morgan fingerprint density at radius 1 is 1.35 bits per heavy atom. The fourth-order valence-corrected chi connectivity index (χ4v) is 3.83. The predicted octanol–water partition coefficient (Wildman–Crippen LogP) is 2.72. The second-order valence-electron chi connectivity index (χ2n) is 6.43. The van der Waals surface area contributed by atoms with Gasteiger partial charge in [-0.1, -0.05) is 20.8 Å². The lowest BCUT2D eigenvalue weighted by atomic mass is 9.65. The van der Waals surface area contributed by atoms with Crippen LogP contribution in [0.1, 0.15) is 53.4 Å². The fourth-order valence-electron chi connectivity index (χ4n) is 3.83. The van der Waals surface area contributed by atoms with Gasteiger partial charge in [-0.2, -0.15) is 0 Å². The number of hydrogen-bond donors (Lipinski definition) is 0. The second-order valence-corrected chi connectivity index (χ2v) is 6.43. The van der Waals surface area contributed by atoms with E-state index in [-0.39, 0.29) is 34.6 Å². The van der Waals surface area contributed by atoms with Crippen molar-refractivity contribution in [2.45, 2.75) is 59.5 Å². The maximum atomic E-state index is 12.2.